The van der Waals surface area contributed by atoms with Crippen LogP contribution in [0.3, 0.4) is 0 Å². The van der Waals surface area contributed by atoms with Gasteiger partial charge in [0.1, 0.15) is 0 Å². The normalized spacial score (nSPS) is 29.7. The van der Waals surface area contributed by atoms with Crippen molar-refractivity contribution in [2.24, 2.45) is 18.2 Å². The number of nitrogens with two attached hydrogens (primary N) is 1. The van der Waals surface area contributed by atoms with Crippen molar-refractivity contribution in [2.75, 3.05) is 26.7 Å². The maximum atomic E-state index is 6.27. The van der Waals surface area contributed by atoms with Crippen LogP contribution in [0.4, 0.5) is 0 Å². The Morgan fingerprint density at radius 1 is 1.38 bits per heavy atom. The molecule has 136 valence electrons. The maximum absolute atomic E-state index is 6.27. The van der Waals surface area contributed by atoms with Crippen molar-refractivity contribution in [1.29, 1.82) is 0 Å². The van der Waals surface area contributed by atoms with Crippen molar-refractivity contribution in [3.05, 3.63) is 17.5 Å². The monoisotopic (exact) mass is 334 g/mol. The Morgan fingerprint density at radius 2 is 2.08 bits per heavy atom. The van der Waals surface area contributed by atoms with Gasteiger partial charge in [-0.2, -0.15) is 5.10 Å². The van der Waals surface area contributed by atoms with Crippen LogP contribution in [0.5, 0.6) is 0 Å². The topological polar surface area (TPSA) is 56.3 Å². The smallest absolute Gasteiger partial charge is 0.0700 e. The Morgan fingerprint density at radius 3 is 2.67 bits per heavy atom. The Labute approximate surface area is 146 Å². The van der Waals surface area contributed by atoms with Crippen LogP contribution < -0.4 is 5.73 Å². The second-order valence-corrected chi connectivity index (χ2v) is 8.83. The molecule has 0 aromatic carbocycles. The first-order valence-electron chi connectivity index (χ1n) is 9.37. The first kappa shape index (κ1) is 17.9. The third kappa shape index (κ3) is 3.84. The molecule has 0 atom stereocenters. The number of aromatic nitrogens is 2. The quantitative estimate of drug-likeness (QED) is 0.899. The summed E-state index contributed by atoms with van der Waals surface area (Å²) in [6, 6.07) is 0. The minimum Gasteiger partial charge on any atom is -0.374 e. The fourth-order valence-electron chi connectivity index (χ4n) is 4.67. The van der Waals surface area contributed by atoms with Crippen LogP contribution >= 0.6 is 0 Å². The lowest BCUT2D eigenvalue weighted by molar-refractivity contribution is -0.0296. The SMILES string of the molecule is CN(CCN)Cc1cn(C)nc1C1CCC2(CC1)CC(C)(C)CO2. The van der Waals surface area contributed by atoms with Gasteiger partial charge in [-0.15, -0.1) is 0 Å². The van der Waals surface area contributed by atoms with E-state index in [1.165, 1.54) is 43.4 Å². The number of likely N-dealkylation sites (N-methyl/N-ethyl adjacent to an activating group) is 1. The number of ether oxygens (including phenoxy) is 1. The summed E-state index contributed by atoms with van der Waals surface area (Å²) in [6.45, 7) is 8.13. The molecule has 1 aliphatic carbocycles. The van der Waals surface area contributed by atoms with E-state index in [2.05, 4.69) is 32.0 Å². The van der Waals surface area contributed by atoms with Gasteiger partial charge in [0.2, 0.25) is 0 Å². The molecule has 5 heteroatoms. The molecule has 2 heterocycles. The van der Waals surface area contributed by atoms with Gasteiger partial charge in [0.25, 0.3) is 0 Å². The van der Waals surface area contributed by atoms with Gasteiger partial charge in [0.05, 0.1) is 17.9 Å². The van der Waals surface area contributed by atoms with Crippen molar-refractivity contribution in [3.8, 4) is 0 Å². The van der Waals surface area contributed by atoms with E-state index in [1.54, 1.807) is 0 Å². The average Bonchev–Trinajstić information content (AvgIpc) is 3.00. The van der Waals surface area contributed by atoms with E-state index in [0.717, 1.165) is 19.7 Å². The molecule has 1 aromatic rings. The number of hydrogen-bond donors (Lipinski definition) is 1. The van der Waals surface area contributed by atoms with Crippen molar-refractivity contribution in [3.63, 3.8) is 0 Å². The van der Waals surface area contributed by atoms with E-state index < -0.39 is 0 Å². The summed E-state index contributed by atoms with van der Waals surface area (Å²) >= 11 is 0. The van der Waals surface area contributed by atoms with Crippen LogP contribution in [-0.4, -0.2) is 47.0 Å². The van der Waals surface area contributed by atoms with E-state index in [1.807, 2.05) is 11.7 Å². The molecule has 0 radical (unpaired) electrons. The molecule has 0 amide bonds. The Bertz CT molecular complexity index is 558. The molecule has 2 N–H and O–H groups in total. The van der Waals surface area contributed by atoms with Gasteiger partial charge < -0.3 is 15.4 Å². The molecular formula is C19H34N4O. The molecular weight excluding hydrogens is 300 g/mol. The van der Waals surface area contributed by atoms with Gasteiger partial charge in [-0.05, 0) is 44.6 Å². The second-order valence-electron chi connectivity index (χ2n) is 8.83. The first-order chi connectivity index (χ1) is 11.3. The van der Waals surface area contributed by atoms with Gasteiger partial charge in [-0.25, -0.2) is 0 Å². The zero-order valence-electron chi connectivity index (χ0n) is 15.8. The molecule has 2 fully saturated rings. The molecule has 0 bridgehead atoms. The molecule has 1 spiro atoms. The molecule has 1 aromatic heterocycles. The summed E-state index contributed by atoms with van der Waals surface area (Å²) in [4.78, 5) is 2.29. The molecule has 3 rings (SSSR count). The predicted molar refractivity (Wildman–Crippen MR) is 96.9 cm³/mol. The third-order valence-electron chi connectivity index (χ3n) is 5.74. The highest BCUT2D eigenvalue weighted by Crippen LogP contribution is 2.49. The van der Waals surface area contributed by atoms with E-state index in [-0.39, 0.29) is 5.60 Å². The lowest BCUT2D eigenvalue weighted by Gasteiger charge is -2.37. The minimum absolute atomic E-state index is 0.144. The Hall–Kier alpha value is -0.910. The summed E-state index contributed by atoms with van der Waals surface area (Å²) in [7, 11) is 4.16. The van der Waals surface area contributed by atoms with Crippen LogP contribution in [0.1, 0.15) is 63.1 Å². The predicted octanol–water partition coefficient (Wildman–Crippen LogP) is 2.65. The molecule has 24 heavy (non-hydrogen) atoms. The van der Waals surface area contributed by atoms with Crippen molar-refractivity contribution >= 4 is 0 Å². The van der Waals surface area contributed by atoms with E-state index >= 15 is 0 Å². The summed E-state index contributed by atoms with van der Waals surface area (Å²) in [5.41, 5.74) is 8.83. The van der Waals surface area contributed by atoms with Gasteiger partial charge in [-0.1, -0.05) is 13.8 Å². The number of nitrogens with zero attached hydrogens (tertiary/aromatic N) is 3. The molecule has 0 unspecified atom stereocenters. The zero-order chi connectivity index (χ0) is 17.4. The highest BCUT2D eigenvalue weighted by Gasteiger charge is 2.46. The highest BCUT2D eigenvalue weighted by molar-refractivity contribution is 5.22. The number of aryl methyl sites for hydroxylation is 1. The van der Waals surface area contributed by atoms with Crippen molar-refractivity contribution in [2.45, 2.75) is 64.0 Å². The summed E-state index contributed by atoms with van der Waals surface area (Å²) in [6.07, 6.45) is 8.13. The fraction of sp³-hybridized carbons (Fsp3) is 0.842. The van der Waals surface area contributed by atoms with Crippen LogP contribution in [0.15, 0.2) is 6.20 Å². The Balaban J connectivity index is 1.66. The minimum atomic E-state index is 0.144. The van der Waals surface area contributed by atoms with E-state index in [9.17, 15) is 0 Å². The molecule has 1 saturated heterocycles. The van der Waals surface area contributed by atoms with Crippen LogP contribution in [0, 0.1) is 5.41 Å². The third-order valence-corrected chi connectivity index (χ3v) is 5.74. The first-order valence-corrected chi connectivity index (χ1v) is 9.37. The van der Waals surface area contributed by atoms with Gasteiger partial charge in [-0.3, -0.25) is 4.68 Å². The van der Waals surface area contributed by atoms with Crippen LogP contribution in [0.2, 0.25) is 0 Å². The van der Waals surface area contributed by atoms with Gasteiger partial charge >= 0.3 is 0 Å². The standard InChI is InChI=1S/C19H34N4O/c1-18(2)13-19(24-14-18)7-5-15(6-8-19)17-16(12-23(4)21-17)11-22(3)10-9-20/h12,15H,5-11,13-14,20H2,1-4H3. The lowest BCUT2D eigenvalue weighted by Crippen LogP contribution is -2.34. The van der Waals surface area contributed by atoms with Crippen molar-refractivity contribution in [1.82, 2.24) is 14.7 Å². The van der Waals surface area contributed by atoms with Gasteiger partial charge in [0, 0.05) is 44.4 Å². The Kier molecular flexibility index (Phi) is 5.05. The molecule has 5 nitrogen and oxygen atoms in total. The number of rotatable bonds is 5. The second kappa shape index (κ2) is 6.77. The van der Waals surface area contributed by atoms with Crippen molar-refractivity contribution < 1.29 is 4.74 Å². The summed E-state index contributed by atoms with van der Waals surface area (Å²) in [5.74, 6) is 0.574. The molecule has 1 aliphatic heterocycles. The average molecular weight is 335 g/mol. The molecule has 1 saturated carbocycles. The van der Waals surface area contributed by atoms with E-state index in [4.69, 9.17) is 15.6 Å². The zero-order valence-corrected chi connectivity index (χ0v) is 15.8. The van der Waals surface area contributed by atoms with Gasteiger partial charge in [0.15, 0.2) is 0 Å². The lowest BCUT2D eigenvalue weighted by atomic mass is 9.72. The van der Waals surface area contributed by atoms with Crippen LogP contribution in [-0.2, 0) is 18.3 Å². The number of hydrogen-bond acceptors (Lipinski definition) is 4. The van der Waals surface area contributed by atoms with E-state index in [0.29, 0.717) is 17.9 Å². The summed E-state index contributed by atoms with van der Waals surface area (Å²) in [5, 5.41) is 4.81. The maximum Gasteiger partial charge on any atom is 0.0700 e. The fourth-order valence-corrected chi connectivity index (χ4v) is 4.67. The summed E-state index contributed by atoms with van der Waals surface area (Å²) < 4.78 is 8.24. The highest BCUT2D eigenvalue weighted by atomic mass is 16.5. The largest absolute Gasteiger partial charge is 0.374 e. The van der Waals surface area contributed by atoms with Crippen LogP contribution in [0.25, 0.3) is 0 Å². The molecule has 2 aliphatic rings.